The molecule has 1 aliphatic rings. The Hall–Kier alpha value is -2.18. The van der Waals surface area contributed by atoms with Crippen molar-refractivity contribution in [3.05, 3.63) is 48.4 Å². The lowest BCUT2D eigenvalue weighted by Gasteiger charge is -2.36. The lowest BCUT2D eigenvalue weighted by atomic mass is 10.2. The van der Waals surface area contributed by atoms with Crippen LogP contribution in [0.5, 0.6) is 5.75 Å². The van der Waals surface area contributed by atoms with Crippen molar-refractivity contribution in [3.8, 4) is 5.75 Å². The second-order valence-corrected chi connectivity index (χ2v) is 6.08. The molecule has 0 radical (unpaired) electrons. The monoisotopic (exact) mass is 328 g/mol. The Morgan fingerprint density at radius 1 is 1.12 bits per heavy atom. The fourth-order valence-corrected chi connectivity index (χ4v) is 2.82. The molecule has 3 rings (SSSR count). The molecule has 0 saturated carbocycles. The van der Waals surface area contributed by atoms with E-state index in [9.17, 15) is 5.11 Å². The first-order valence-electron chi connectivity index (χ1n) is 8.32. The Labute approximate surface area is 142 Å². The molecule has 6 nitrogen and oxygen atoms in total. The molecule has 1 aliphatic heterocycles. The number of rotatable bonds is 6. The maximum atomic E-state index is 10.2. The van der Waals surface area contributed by atoms with E-state index in [1.165, 1.54) is 0 Å². The topological polar surface area (TPSA) is 61.7 Å². The van der Waals surface area contributed by atoms with Gasteiger partial charge in [-0.2, -0.15) is 0 Å². The van der Waals surface area contributed by atoms with Gasteiger partial charge >= 0.3 is 0 Å². The number of hydrogen-bond donors (Lipinski definition) is 1. The van der Waals surface area contributed by atoms with E-state index >= 15 is 0 Å². The van der Waals surface area contributed by atoms with Crippen molar-refractivity contribution >= 4 is 5.82 Å². The first-order chi connectivity index (χ1) is 11.7. The molecule has 1 saturated heterocycles. The summed E-state index contributed by atoms with van der Waals surface area (Å²) in [7, 11) is 0. The number of benzene rings is 1. The summed E-state index contributed by atoms with van der Waals surface area (Å²) in [5.74, 6) is 1.72. The number of β-amino-alcohol motifs (C(OH)–C–C–N with tert-alkyl or cyclic N) is 1. The third kappa shape index (κ3) is 4.66. The first kappa shape index (κ1) is 16.7. The van der Waals surface area contributed by atoms with E-state index in [0.29, 0.717) is 13.2 Å². The summed E-state index contributed by atoms with van der Waals surface area (Å²) in [6.45, 7) is 6.48. The molecule has 2 heterocycles. The Morgan fingerprint density at radius 3 is 2.58 bits per heavy atom. The third-order valence-corrected chi connectivity index (χ3v) is 4.09. The van der Waals surface area contributed by atoms with Gasteiger partial charge in [-0.3, -0.25) is 9.88 Å². The van der Waals surface area contributed by atoms with Gasteiger partial charge in [0.2, 0.25) is 0 Å². The maximum Gasteiger partial charge on any atom is 0.147 e. The Morgan fingerprint density at radius 2 is 1.88 bits per heavy atom. The van der Waals surface area contributed by atoms with Gasteiger partial charge in [0.25, 0.3) is 0 Å². The minimum absolute atomic E-state index is 0.313. The van der Waals surface area contributed by atoms with Crippen LogP contribution < -0.4 is 9.64 Å². The zero-order valence-electron chi connectivity index (χ0n) is 14.0. The number of aliphatic hydroxyl groups excluding tert-OH is 1. The van der Waals surface area contributed by atoms with E-state index in [-0.39, 0.29) is 0 Å². The molecule has 1 atom stereocenters. The highest BCUT2D eigenvalue weighted by Gasteiger charge is 2.20. The number of piperazine rings is 1. The van der Waals surface area contributed by atoms with Crippen LogP contribution in [0.25, 0.3) is 0 Å². The van der Waals surface area contributed by atoms with Gasteiger partial charge in [-0.25, -0.2) is 4.98 Å². The van der Waals surface area contributed by atoms with Gasteiger partial charge in [0.05, 0.1) is 11.9 Å². The predicted octanol–water partition coefficient (Wildman–Crippen LogP) is 1.35. The van der Waals surface area contributed by atoms with Crippen LogP contribution in [0.4, 0.5) is 5.82 Å². The van der Waals surface area contributed by atoms with E-state index in [1.54, 1.807) is 6.20 Å². The smallest absolute Gasteiger partial charge is 0.147 e. The summed E-state index contributed by atoms with van der Waals surface area (Å²) in [5, 5.41) is 10.2. The van der Waals surface area contributed by atoms with E-state index < -0.39 is 6.10 Å². The van der Waals surface area contributed by atoms with Gasteiger partial charge in [0.1, 0.15) is 24.3 Å². The van der Waals surface area contributed by atoms with E-state index in [0.717, 1.165) is 43.4 Å². The number of aryl methyl sites for hydroxylation is 1. The summed E-state index contributed by atoms with van der Waals surface area (Å²) in [4.78, 5) is 13.2. The molecule has 0 bridgehead atoms. The standard InChI is InChI=1S/C18H24N4O2/c1-15-11-19-12-18(20-15)22-9-7-21(8-10-22)13-16(23)14-24-17-5-3-2-4-6-17/h2-6,11-12,16,23H,7-10,13-14H2,1H3. The summed E-state index contributed by atoms with van der Waals surface area (Å²) < 4.78 is 5.61. The van der Waals surface area contributed by atoms with Crippen molar-refractivity contribution < 1.29 is 9.84 Å². The fourth-order valence-electron chi connectivity index (χ4n) is 2.82. The van der Waals surface area contributed by atoms with Gasteiger partial charge in [-0.15, -0.1) is 0 Å². The number of para-hydroxylation sites is 1. The Balaban J connectivity index is 1.42. The van der Waals surface area contributed by atoms with Crippen molar-refractivity contribution in [2.24, 2.45) is 0 Å². The molecule has 0 spiro atoms. The van der Waals surface area contributed by atoms with Gasteiger partial charge in [-0.1, -0.05) is 18.2 Å². The van der Waals surface area contributed by atoms with Gasteiger partial charge in [-0.05, 0) is 19.1 Å². The first-order valence-corrected chi connectivity index (χ1v) is 8.32. The average molecular weight is 328 g/mol. The second-order valence-electron chi connectivity index (χ2n) is 6.08. The molecular weight excluding hydrogens is 304 g/mol. The zero-order valence-corrected chi connectivity index (χ0v) is 14.0. The average Bonchev–Trinajstić information content (AvgIpc) is 2.61. The number of nitrogens with zero attached hydrogens (tertiary/aromatic N) is 4. The van der Waals surface area contributed by atoms with E-state index in [2.05, 4.69) is 19.8 Å². The number of ether oxygens (including phenoxy) is 1. The van der Waals surface area contributed by atoms with Crippen LogP contribution in [0.1, 0.15) is 5.69 Å². The molecule has 6 heteroatoms. The number of aromatic nitrogens is 2. The summed E-state index contributed by atoms with van der Waals surface area (Å²) in [6.07, 6.45) is 3.09. The predicted molar refractivity (Wildman–Crippen MR) is 93.4 cm³/mol. The molecule has 0 amide bonds. The molecule has 0 aliphatic carbocycles. The molecule has 1 aromatic heterocycles. The minimum atomic E-state index is -0.490. The molecular formula is C18H24N4O2. The second kappa shape index (κ2) is 8.08. The molecule has 2 aromatic rings. The van der Waals surface area contributed by atoms with Crippen molar-refractivity contribution in [1.82, 2.24) is 14.9 Å². The number of aliphatic hydroxyl groups is 1. The summed E-state index contributed by atoms with van der Waals surface area (Å²) in [6, 6.07) is 9.59. The van der Waals surface area contributed by atoms with Crippen LogP contribution in [-0.4, -0.2) is 65.4 Å². The van der Waals surface area contributed by atoms with Crippen LogP contribution in [0.3, 0.4) is 0 Å². The molecule has 128 valence electrons. The molecule has 1 fully saturated rings. The quantitative estimate of drug-likeness (QED) is 0.864. The zero-order chi connectivity index (χ0) is 16.8. The van der Waals surface area contributed by atoms with Gasteiger partial charge < -0.3 is 14.7 Å². The van der Waals surface area contributed by atoms with Crippen LogP contribution in [0, 0.1) is 6.92 Å². The van der Waals surface area contributed by atoms with Crippen molar-refractivity contribution in [1.29, 1.82) is 0 Å². The lowest BCUT2D eigenvalue weighted by molar-refractivity contribution is 0.0662. The third-order valence-electron chi connectivity index (χ3n) is 4.09. The SMILES string of the molecule is Cc1cncc(N2CCN(CC(O)COc3ccccc3)CC2)n1. The van der Waals surface area contributed by atoms with Crippen LogP contribution in [0.15, 0.2) is 42.7 Å². The normalized spacial score (nSPS) is 16.8. The van der Waals surface area contributed by atoms with Crippen molar-refractivity contribution in [2.75, 3.05) is 44.2 Å². The van der Waals surface area contributed by atoms with Crippen LogP contribution >= 0.6 is 0 Å². The van der Waals surface area contributed by atoms with Crippen molar-refractivity contribution in [3.63, 3.8) is 0 Å². The highest BCUT2D eigenvalue weighted by atomic mass is 16.5. The molecule has 1 unspecified atom stereocenters. The molecule has 24 heavy (non-hydrogen) atoms. The van der Waals surface area contributed by atoms with Crippen LogP contribution in [-0.2, 0) is 0 Å². The fraction of sp³-hybridized carbons (Fsp3) is 0.444. The van der Waals surface area contributed by atoms with Crippen molar-refractivity contribution in [2.45, 2.75) is 13.0 Å². The highest BCUT2D eigenvalue weighted by molar-refractivity contribution is 5.36. The maximum absolute atomic E-state index is 10.2. The lowest BCUT2D eigenvalue weighted by Crippen LogP contribution is -2.49. The molecule has 1 aromatic carbocycles. The summed E-state index contributed by atoms with van der Waals surface area (Å²) >= 11 is 0. The Kier molecular flexibility index (Phi) is 5.61. The molecule has 1 N–H and O–H groups in total. The van der Waals surface area contributed by atoms with Gasteiger partial charge in [0, 0.05) is 38.9 Å². The van der Waals surface area contributed by atoms with E-state index in [1.807, 2.05) is 43.5 Å². The minimum Gasteiger partial charge on any atom is -0.491 e. The largest absolute Gasteiger partial charge is 0.491 e. The number of anilines is 1. The van der Waals surface area contributed by atoms with Crippen LogP contribution in [0.2, 0.25) is 0 Å². The summed E-state index contributed by atoms with van der Waals surface area (Å²) in [5.41, 5.74) is 0.934. The van der Waals surface area contributed by atoms with E-state index in [4.69, 9.17) is 4.74 Å². The van der Waals surface area contributed by atoms with Gasteiger partial charge in [0.15, 0.2) is 0 Å². The highest BCUT2D eigenvalue weighted by Crippen LogP contribution is 2.13. The number of hydrogen-bond acceptors (Lipinski definition) is 6. The Bertz CT molecular complexity index is 630.